The van der Waals surface area contributed by atoms with Gasteiger partial charge >= 0.3 is 0 Å². The van der Waals surface area contributed by atoms with Crippen molar-refractivity contribution in [2.24, 2.45) is 5.92 Å². The molecule has 2 unspecified atom stereocenters. The molecule has 0 bridgehead atoms. The summed E-state index contributed by atoms with van der Waals surface area (Å²) in [5, 5.41) is 3.19. The maximum atomic E-state index is 12.6. The van der Waals surface area contributed by atoms with Crippen molar-refractivity contribution >= 4 is 5.91 Å². The first kappa shape index (κ1) is 17.8. The molecule has 1 aromatic rings. The van der Waals surface area contributed by atoms with Gasteiger partial charge in [-0.15, -0.1) is 0 Å². The average Bonchev–Trinajstić information content (AvgIpc) is 2.95. The van der Waals surface area contributed by atoms with Crippen LogP contribution in [0.25, 0.3) is 0 Å². The molecule has 2 atom stereocenters. The van der Waals surface area contributed by atoms with Gasteiger partial charge in [-0.1, -0.05) is 32.9 Å². The summed E-state index contributed by atoms with van der Waals surface area (Å²) < 4.78 is 5.91. The van der Waals surface area contributed by atoms with Crippen molar-refractivity contribution < 1.29 is 9.53 Å². The average molecular weight is 318 g/mol. The standard InChI is InChI=1S/C19H30N2O2/c1-14(18(22)21-10-9-15(13-21)12-20-5)23-17-8-6-7-16(11-17)19(2,3)4/h6-8,11,14-15,20H,9-10,12-13H2,1-5H3. The first-order valence-electron chi connectivity index (χ1n) is 8.52. The number of rotatable bonds is 5. The lowest BCUT2D eigenvalue weighted by molar-refractivity contribution is -0.137. The first-order chi connectivity index (χ1) is 10.8. The summed E-state index contributed by atoms with van der Waals surface area (Å²) in [6, 6.07) is 8.05. The molecule has 1 fully saturated rings. The van der Waals surface area contributed by atoms with E-state index in [1.807, 2.05) is 37.1 Å². The molecule has 1 saturated heterocycles. The highest BCUT2D eigenvalue weighted by Gasteiger charge is 2.29. The van der Waals surface area contributed by atoms with Gasteiger partial charge in [-0.05, 0) is 56.0 Å². The van der Waals surface area contributed by atoms with Gasteiger partial charge in [-0.2, -0.15) is 0 Å². The minimum atomic E-state index is -0.446. The maximum absolute atomic E-state index is 12.6. The van der Waals surface area contributed by atoms with Crippen molar-refractivity contribution in [1.29, 1.82) is 0 Å². The molecule has 0 saturated carbocycles. The van der Waals surface area contributed by atoms with Crippen LogP contribution in [0.5, 0.6) is 5.75 Å². The van der Waals surface area contributed by atoms with E-state index < -0.39 is 6.10 Å². The van der Waals surface area contributed by atoms with E-state index in [0.717, 1.165) is 31.8 Å². The van der Waals surface area contributed by atoms with Crippen LogP contribution in [0.1, 0.15) is 39.7 Å². The number of carbonyl (C=O) groups excluding carboxylic acids is 1. The second-order valence-electron chi connectivity index (χ2n) is 7.53. The first-order valence-corrected chi connectivity index (χ1v) is 8.52. The van der Waals surface area contributed by atoms with Crippen molar-refractivity contribution in [3.8, 4) is 5.75 Å². The second-order valence-corrected chi connectivity index (χ2v) is 7.53. The van der Waals surface area contributed by atoms with Crippen LogP contribution in [0.2, 0.25) is 0 Å². The number of hydrogen-bond donors (Lipinski definition) is 1. The van der Waals surface area contributed by atoms with Gasteiger partial charge in [0.05, 0.1) is 0 Å². The fraction of sp³-hybridized carbons (Fsp3) is 0.632. The highest BCUT2D eigenvalue weighted by Crippen LogP contribution is 2.26. The Morgan fingerprint density at radius 3 is 2.83 bits per heavy atom. The molecule has 4 nitrogen and oxygen atoms in total. The zero-order valence-electron chi connectivity index (χ0n) is 15.1. The van der Waals surface area contributed by atoms with Gasteiger partial charge in [0, 0.05) is 13.1 Å². The summed E-state index contributed by atoms with van der Waals surface area (Å²) in [7, 11) is 1.96. The van der Waals surface area contributed by atoms with Crippen LogP contribution in [0, 0.1) is 5.92 Å². The fourth-order valence-corrected chi connectivity index (χ4v) is 3.04. The van der Waals surface area contributed by atoms with Gasteiger partial charge in [-0.3, -0.25) is 4.79 Å². The maximum Gasteiger partial charge on any atom is 0.263 e. The third kappa shape index (κ3) is 4.71. The Kier molecular flexibility index (Phi) is 5.69. The molecule has 0 aliphatic carbocycles. The molecule has 128 valence electrons. The molecule has 4 heteroatoms. The predicted octanol–water partition coefficient (Wildman–Crippen LogP) is 2.82. The molecule has 23 heavy (non-hydrogen) atoms. The van der Waals surface area contributed by atoms with Gasteiger partial charge < -0.3 is 15.0 Å². The summed E-state index contributed by atoms with van der Waals surface area (Å²) >= 11 is 0. The van der Waals surface area contributed by atoms with Crippen molar-refractivity contribution in [3.63, 3.8) is 0 Å². The summed E-state index contributed by atoms with van der Waals surface area (Å²) in [5.41, 5.74) is 1.28. The zero-order chi connectivity index (χ0) is 17.0. The number of likely N-dealkylation sites (tertiary alicyclic amines) is 1. The topological polar surface area (TPSA) is 41.6 Å². The Balaban J connectivity index is 1.96. The third-order valence-corrected chi connectivity index (χ3v) is 4.45. The Labute approximate surface area is 140 Å². The number of amides is 1. The molecule has 0 radical (unpaired) electrons. The quantitative estimate of drug-likeness (QED) is 0.908. The number of nitrogens with zero attached hydrogens (tertiary/aromatic N) is 1. The number of carbonyl (C=O) groups is 1. The predicted molar refractivity (Wildman–Crippen MR) is 93.8 cm³/mol. The van der Waals surface area contributed by atoms with Crippen LogP contribution < -0.4 is 10.1 Å². The zero-order valence-corrected chi connectivity index (χ0v) is 15.1. The van der Waals surface area contributed by atoms with Crippen molar-refractivity contribution in [2.45, 2.75) is 45.6 Å². The van der Waals surface area contributed by atoms with Gasteiger partial charge in [0.1, 0.15) is 5.75 Å². The minimum Gasteiger partial charge on any atom is -0.481 e. The molecule has 1 amide bonds. The lowest BCUT2D eigenvalue weighted by atomic mass is 9.87. The molecule has 1 heterocycles. The van der Waals surface area contributed by atoms with Crippen LogP contribution in [0.4, 0.5) is 0 Å². The minimum absolute atomic E-state index is 0.0714. The van der Waals surface area contributed by atoms with E-state index in [2.05, 4.69) is 32.2 Å². The molecule has 0 aromatic heterocycles. The molecular weight excluding hydrogens is 288 g/mol. The molecular formula is C19H30N2O2. The number of nitrogens with one attached hydrogen (secondary N) is 1. The van der Waals surface area contributed by atoms with E-state index in [1.165, 1.54) is 5.56 Å². The third-order valence-electron chi connectivity index (χ3n) is 4.45. The second kappa shape index (κ2) is 7.35. The molecule has 2 rings (SSSR count). The van der Waals surface area contributed by atoms with E-state index >= 15 is 0 Å². The van der Waals surface area contributed by atoms with Crippen LogP contribution in [0.3, 0.4) is 0 Å². The largest absolute Gasteiger partial charge is 0.481 e. The van der Waals surface area contributed by atoms with Crippen LogP contribution >= 0.6 is 0 Å². The van der Waals surface area contributed by atoms with E-state index in [1.54, 1.807) is 0 Å². The SMILES string of the molecule is CNCC1CCN(C(=O)C(C)Oc2cccc(C(C)(C)C)c2)C1. The Morgan fingerprint density at radius 2 is 2.17 bits per heavy atom. The Morgan fingerprint density at radius 1 is 1.43 bits per heavy atom. The fourth-order valence-electron chi connectivity index (χ4n) is 3.04. The van der Waals surface area contributed by atoms with Crippen LogP contribution in [-0.2, 0) is 10.2 Å². The molecule has 0 spiro atoms. The Hall–Kier alpha value is -1.55. The van der Waals surface area contributed by atoms with E-state index in [4.69, 9.17) is 4.74 Å². The van der Waals surface area contributed by atoms with Crippen LogP contribution in [0.15, 0.2) is 24.3 Å². The number of hydrogen-bond acceptors (Lipinski definition) is 3. The Bertz CT molecular complexity index is 536. The van der Waals surface area contributed by atoms with Crippen molar-refractivity contribution in [3.05, 3.63) is 29.8 Å². The summed E-state index contributed by atoms with van der Waals surface area (Å²) in [6.07, 6.45) is 0.622. The highest BCUT2D eigenvalue weighted by atomic mass is 16.5. The van der Waals surface area contributed by atoms with E-state index in [0.29, 0.717) is 5.92 Å². The van der Waals surface area contributed by atoms with Gasteiger partial charge in [0.15, 0.2) is 6.10 Å². The van der Waals surface area contributed by atoms with Gasteiger partial charge in [-0.25, -0.2) is 0 Å². The highest BCUT2D eigenvalue weighted by molar-refractivity contribution is 5.81. The summed E-state index contributed by atoms with van der Waals surface area (Å²) in [5.74, 6) is 1.41. The molecule has 1 N–H and O–H groups in total. The van der Waals surface area contributed by atoms with Gasteiger partial charge in [0.2, 0.25) is 0 Å². The molecule has 1 aromatic carbocycles. The van der Waals surface area contributed by atoms with Gasteiger partial charge in [0.25, 0.3) is 5.91 Å². The smallest absolute Gasteiger partial charge is 0.263 e. The van der Waals surface area contributed by atoms with Crippen LogP contribution in [-0.4, -0.2) is 43.6 Å². The number of ether oxygens (including phenoxy) is 1. The van der Waals surface area contributed by atoms with Crippen molar-refractivity contribution in [1.82, 2.24) is 10.2 Å². The van der Waals surface area contributed by atoms with E-state index in [-0.39, 0.29) is 11.3 Å². The molecule has 1 aliphatic heterocycles. The lowest BCUT2D eigenvalue weighted by Gasteiger charge is -2.23. The normalized spacial score (nSPS) is 19.7. The molecule has 1 aliphatic rings. The number of benzene rings is 1. The summed E-state index contributed by atoms with van der Waals surface area (Å²) in [4.78, 5) is 14.5. The monoisotopic (exact) mass is 318 g/mol. The van der Waals surface area contributed by atoms with Crippen molar-refractivity contribution in [2.75, 3.05) is 26.7 Å². The lowest BCUT2D eigenvalue weighted by Crippen LogP contribution is -2.39. The van der Waals surface area contributed by atoms with E-state index in [9.17, 15) is 4.79 Å². The summed E-state index contributed by atoms with van der Waals surface area (Å²) in [6.45, 7) is 11.0.